The first-order chi connectivity index (χ1) is 15.9. The van der Waals surface area contributed by atoms with Gasteiger partial charge >= 0.3 is 0 Å². The summed E-state index contributed by atoms with van der Waals surface area (Å²) in [6, 6.07) is 23.2. The van der Waals surface area contributed by atoms with E-state index in [0.29, 0.717) is 11.0 Å². The second kappa shape index (κ2) is 9.85. The Morgan fingerprint density at radius 1 is 1.06 bits per heavy atom. The summed E-state index contributed by atoms with van der Waals surface area (Å²) in [4.78, 5) is 23.4. The summed E-state index contributed by atoms with van der Waals surface area (Å²) in [5.74, 6) is 0.282. The number of nitro groups is 1. The number of benzene rings is 3. The minimum absolute atomic E-state index is 0.161. The van der Waals surface area contributed by atoms with E-state index in [1.54, 1.807) is 6.92 Å². The average Bonchev–Trinajstić information content (AvgIpc) is 3.24. The van der Waals surface area contributed by atoms with Crippen molar-refractivity contribution in [1.82, 2.24) is 14.8 Å². The van der Waals surface area contributed by atoms with Gasteiger partial charge in [0, 0.05) is 23.4 Å². The van der Waals surface area contributed by atoms with Crippen LogP contribution in [0.25, 0.3) is 17.1 Å². The number of nitro benzene ring substituents is 1. The van der Waals surface area contributed by atoms with Gasteiger partial charge in [0.15, 0.2) is 11.0 Å². The van der Waals surface area contributed by atoms with Crippen molar-refractivity contribution >= 4 is 40.6 Å². The lowest BCUT2D eigenvalue weighted by atomic mass is 10.2. The highest BCUT2D eigenvalue weighted by Crippen LogP contribution is 2.32. The first kappa shape index (κ1) is 22.5. The number of anilines is 1. The number of thioether (sulfide) groups is 1. The lowest BCUT2D eigenvalue weighted by molar-refractivity contribution is -0.384. The smallest absolute Gasteiger partial charge is 0.271 e. The Labute approximate surface area is 198 Å². The topological polar surface area (TPSA) is 103 Å². The van der Waals surface area contributed by atoms with Crippen LogP contribution in [0.15, 0.2) is 84.0 Å². The zero-order valence-electron chi connectivity index (χ0n) is 17.4. The fraction of sp³-hybridized carbons (Fsp3) is 0.0870. The summed E-state index contributed by atoms with van der Waals surface area (Å²) in [5, 5.41) is 22.6. The van der Waals surface area contributed by atoms with Crippen LogP contribution >= 0.6 is 23.4 Å². The number of para-hydroxylation sites is 1. The van der Waals surface area contributed by atoms with Crippen LogP contribution in [0, 0.1) is 10.1 Å². The van der Waals surface area contributed by atoms with Crippen molar-refractivity contribution in [3.63, 3.8) is 0 Å². The Morgan fingerprint density at radius 3 is 2.39 bits per heavy atom. The van der Waals surface area contributed by atoms with E-state index in [9.17, 15) is 14.9 Å². The molecule has 10 heteroatoms. The van der Waals surface area contributed by atoms with E-state index in [0.717, 1.165) is 11.3 Å². The average molecular weight is 480 g/mol. The molecule has 33 heavy (non-hydrogen) atoms. The van der Waals surface area contributed by atoms with Crippen LogP contribution in [-0.4, -0.2) is 30.8 Å². The lowest BCUT2D eigenvalue weighted by Gasteiger charge is -2.14. The van der Waals surface area contributed by atoms with Gasteiger partial charge in [-0.2, -0.15) is 0 Å². The molecule has 0 fully saturated rings. The molecule has 1 atom stereocenters. The molecule has 0 bridgehead atoms. The summed E-state index contributed by atoms with van der Waals surface area (Å²) >= 11 is 7.34. The zero-order chi connectivity index (χ0) is 23.4. The number of hydrogen-bond donors (Lipinski definition) is 1. The molecule has 0 saturated carbocycles. The molecular formula is C23H18ClN5O3S. The van der Waals surface area contributed by atoms with Crippen molar-refractivity contribution in [3.8, 4) is 17.1 Å². The lowest BCUT2D eigenvalue weighted by Crippen LogP contribution is -2.23. The van der Waals surface area contributed by atoms with Gasteiger partial charge in [0.05, 0.1) is 20.9 Å². The largest absolute Gasteiger partial charge is 0.324 e. The van der Waals surface area contributed by atoms with Crippen LogP contribution in [0.3, 0.4) is 0 Å². The molecule has 0 saturated heterocycles. The highest BCUT2D eigenvalue weighted by Gasteiger charge is 2.23. The molecule has 166 valence electrons. The minimum atomic E-state index is -0.587. The van der Waals surface area contributed by atoms with Gasteiger partial charge in [-0.3, -0.25) is 19.5 Å². The molecule has 4 aromatic rings. The number of nitrogens with one attached hydrogen (secondary N) is 1. The second-order valence-corrected chi connectivity index (χ2v) is 8.73. The predicted octanol–water partition coefficient (Wildman–Crippen LogP) is 5.62. The van der Waals surface area contributed by atoms with Crippen LogP contribution in [0.4, 0.5) is 11.4 Å². The molecule has 1 N–H and O–H groups in total. The maximum Gasteiger partial charge on any atom is 0.271 e. The van der Waals surface area contributed by atoms with Gasteiger partial charge in [-0.15, -0.1) is 10.2 Å². The monoisotopic (exact) mass is 479 g/mol. The van der Waals surface area contributed by atoms with Crippen LogP contribution in [-0.2, 0) is 4.79 Å². The molecule has 0 aliphatic heterocycles. The Balaban J connectivity index is 1.61. The number of nitrogens with zero attached hydrogens (tertiary/aromatic N) is 4. The molecule has 0 spiro atoms. The van der Waals surface area contributed by atoms with Crippen molar-refractivity contribution in [3.05, 3.63) is 94.0 Å². The minimum Gasteiger partial charge on any atom is -0.324 e. The first-order valence-corrected chi connectivity index (χ1v) is 11.2. The first-order valence-electron chi connectivity index (χ1n) is 9.92. The maximum absolute atomic E-state index is 12.9. The highest BCUT2D eigenvalue weighted by atomic mass is 35.5. The highest BCUT2D eigenvalue weighted by molar-refractivity contribution is 8.00. The third kappa shape index (κ3) is 5.05. The third-order valence-corrected chi connectivity index (χ3v) is 6.12. The number of carbonyl (C=O) groups excluding carboxylic acids is 1. The van der Waals surface area contributed by atoms with E-state index in [4.69, 9.17) is 11.6 Å². The molecule has 3 aromatic carbocycles. The number of non-ortho nitro benzene ring substituents is 1. The normalized spacial score (nSPS) is 11.7. The Hall–Kier alpha value is -3.69. The number of halogens is 1. The molecule has 1 heterocycles. The van der Waals surface area contributed by atoms with E-state index in [-0.39, 0.29) is 22.3 Å². The summed E-state index contributed by atoms with van der Waals surface area (Å²) in [6.45, 7) is 1.72. The van der Waals surface area contributed by atoms with Crippen LogP contribution in [0.2, 0.25) is 5.02 Å². The summed E-state index contributed by atoms with van der Waals surface area (Å²) < 4.78 is 1.89. The summed E-state index contributed by atoms with van der Waals surface area (Å²) in [5.41, 5.74) is 1.77. The molecule has 8 nitrogen and oxygen atoms in total. The van der Waals surface area contributed by atoms with Crippen molar-refractivity contribution in [1.29, 1.82) is 0 Å². The fourth-order valence-electron chi connectivity index (χ4n) is 3.10. The predicted molar refractivity (Wildman–Crippen MR) is 129 cm³/mol. The number of hydrogen-bond acceptors (Lipinski definition) is 6. The number of aromatic nitrogens is 3. The van der Waals surface area contributed by atoms with Gasteiger partial charge in [0.2, 0.25) is 5.91 Å². The van der Waals surface area contributed by atoms with Gasteiger partial charge in [-0.05, 0) is 25.1 Å². The van der Waals surface area contributed by atoms with Gasteiger partial charge in [-0.25, -0.2) is 0 Å². The van der Waals surface area contributed by atoms with E-state index < -0.39 is 10.2 Å². The van der Waals surface area contributed by atoms with Crippen molar-refractivity contribution in [2.24, 2.45) is 0 Å². The SMILES string of the molecule is CC(Sc1nnc(-c2ccccc2)n1-c1ccccc1)C(=O)Nc1cc([N+](=O)[O-])ccc1Cl. The number of rotatable bonds is 7. The second-order valence-electron chi connectivity index (χ2n) is 7.01. The molecule has 0 aliphatic carbocycles. The van der Waals surface area contributed by atoms with Gasteiger partial charge in [0.25, 0.3) is 5.69 Å². The summed E-state index contributed by atoms with van der Waals surface area (Å²) in [7, 11) is 0. The Kier molecular flexibility index (Phi) is 6.71. The molecule has 1 aromatic heterocycles. The van der Waals surface area contributed by atoms with E-state index in [2.05, 4.69) is 15.5 Å². The van der Waals surface area contributed by atoms with E-state index in [1.165, 1.54) is 30.0 Å². The van der Waals surface area contributed by atoms with Gasteiger partial charge in [-0.1, -0.05) is 71.9 Å². The zero-order valence-corrected chi connectivity index (χ0v) is 19.0. The Morgan fingerprint density at radius 2 is 1.73 bits per heavy atom. The van der Waals surface area contributed by atoms with Crippen molar-refractivity contribution in [2.75, 3.05) is 5.32 Å². The van der Waals surface area contributed by atoms with Gasteiger partial charge in [0.1, 0.15) is 0 Å². The maximum atomic E-state index is 12.9. The van der Waals surface area contributed by atoms with Crippen LogP contribution < -0.4 is 5.32 Å². The fourth-order valence-corrected chi connectivity index (χ4v) is 4.13. The molecule has 0 aliphatic rings. The Bertz CT molecular complexity index is 1300. The number of carbonyl (C=O) groups is 1. The van der Waals surface area contributed by atoms with Crippen molar-refractivity contribution in [2.45, 2.75) is 17.3 Å². The third-order valence-electron chi connectivity index (χ3n) is 4.75. The molecule has 0 radical (unpaired) electrons. The molecule has 1 unspecified atom stereocenters. The number of amides is 1. The quantitative estimate of drug-likeness (QED) is 0.210. The van der Waals surface area contributed by atoms with Gasteiger partial charge < -0.3 is 5.32 Å². The standard InChI is InChI=1S/C23H18ClN5O3S/c1-15(22(30)25-20-14-18(29(31)32)12-13-19(20)24)33-23-27-26-21(16-8-4-2-5-9-16)28(23)17-10-6-3-7-11-17/h2-15H,1H3,(H,25,30). The van der Waals surface area contributed by atoms with Crippen molar-refractivity contribution < 1.29 is 9.72 Å². The van der Waals surface area contributed by atoms with E-state index in [1.807, 2.05) is 65.2 Å². The molecule has 1 amide bonds. The summed E-state index contributed by atoms with van der Waals surface area (Å²) in [6.07, 6.45) is 0. The van der Waals surface area contributed by atoms with Crippen LogP contribution in [0.5, 0.6) is 0 Å². The van der Waals surface area contributed by atoms with E-state index >= 15 is 0 Å². The van der Waals surface area contributed by atoms with Crippen LogP contribution in [0.1, 0.15) is 6.92 Å². The molecule has 4 rings (SSSR count). The molecular weight excluding hydrogens is 462 g/mol.